The van der Waals surface area contributed by atoms with E-state index >= 15 is 0 Å². The van der Waals surface area contributed by atoms with Crippen molar-refractivity contribution in [2.75, 3.05) is 25.6 Å². The summed E-state index contributed by atoms with van der Waals surface area (Å²) in [6.07, 6.45) is 8.89. The van der Waals surface area contributed by atoms with Gasteiger partial charge in [0, 0.05) is 23.3 Å². The summed E-state index contributed by atoms with van der Waals surface area (Å²) in [6, 6.07) is 1.51. The first-order chi connectivity index (χ1) is 15.6. The van der Waals surface area contributed by atoms with Crippen molar-refractivity contribution in [2.24, 2.45) is 16.6 Å². The molecule has 11 heteroatoms. The summed E-state index contributed by atoms with van der Waals surface area (Å²) >= 11 is 1.40. The number of aromatic nitrogens is 3. The highest BCUT2D eigenvalue weighted by Gasteiger charge is 2.50. The molecule has 3 heterocycles. The number of hydrogen-bond donors (Lipinski definition) is 2. The van der Waals surface area contributed by atoms with Crippen molar-refractivity contribution in [3.63, 3.8) is 0 Å². The highest BCUT2D eigenvalue weighted by Crippen LogP contribution is 2.50. The molecule has 2 aromatic heterocycles. The van der Waals surface area contributed by atoms with Gasteiger partial charge in [-0.25, -0.2) is 15.0 Å². The lowest BCUT2D eigenvalue weighted by molar-refractivity contribution is 0.102. The molecule has 1 unspecified atom stereocenters. The minimum atomic E-state index is -1.03. The zero-order valence-corrected chi connectivity index (χ0v) is 19.6. The van der Waals surface area contributed by atoms with Gasteiger partial charge in [0.2, 0.25) is 11.8 Å². The number of terminal acetylenes is 1. The van der Waals surface area contributed by atoms with Gasteiger partial charge in [-0.05, 0) is 19.9 Å². The molecule has 0 bridgehead atoms. The highest BCUT2D eigenvalue weighted by molar-refractivity contribution is 8.15. The predicted molar refractivity (Wildman–Crippen MR) is 125 cm³/mol. The fourth-order valence-corrected chi connectivity index (χ4v) is 4.99. The molecule has 0 spiro atoms. The van der Waals surface area contributed by atoms with E-state index in [-0.39, 0.29) is 35.3 Å². The van der Waals surface area contributed by atoms with Crippen LogP contribution in [0.15, 0.2) is 29.6 Å². The molecule has 1 amide bonds. The number of pyridine rings is 1. The number of carbonyl (C=O) groups is 1. The second-order valence-corrected chi connectivity index (χ2v) is 9.47. The SMILES string of the molecule is C#CCOc1cnc(C(=O)Nc2cnc(F)c([C@@]3(C)N=C(N)S[C@](C)(COC)C3C)c2)cn1. The molecule has 174 valence electrons. The number of halogens is 1. The summed E-state index contributed by atoms with van der Waals surface area (Å²) in [7, 11) is 1.60. The molecule has 1 aliphatic heterocycles. The van der Waals surface area contributed by atoms with Gasteiger partial charge < -0.3 is 20.5 Å². The lowest BCUT2D eigenvalue weighted by atomic mass is 9.74. The molecule has 0 saturated heterocycles. The van der Waals surface area contributed by atoms with Gasteiger partial charge in [0.15, 0.2) is 11.8 Å². The number of nitrogens with one attached hydrogen (secondary N) is 1. The number of amidine groups is 1. The number of aliphatic imine (C=N–C) groups is 1. The highest BCUT2D eigenvalue weighted by atomic mass is 32.2. The average molecular weight is 473 g/mol. The predicted octanol–water partition coefficient (Wildman–Crippen LogP) is 2.59. The van der Waals surface area contributed by atoms with E-state index in [1.54, 1.807) is 14.0 Å². The van der Waals surface area contributed by atoms with E-state index < -0.39 is 22.1 Å². The summed E-state index contributed by atoms with van der Waals surface area (Å²) in [6.45, 7) is 6.20. The smallest absolute Gasteiger partial charge is 0.275 e. The Hall–Kier alpha value is -3.23. The van der Waals surface area contributed by atoms with Crippen LogP contribution in [-0.4, -0.2) is 51.1 Å². The number of nitrogens with zero attached hydrogens (tertiary/aromatic N) is 4. The fourth-order valence-electron chi connectivity index (χ4n) is 3.69. The summed E-state index contributed by atoms with van der Waals surface area (Å²) < 4.78 is 25.0. The van der Waals surface area contributed by atoms with Crippen molar-refractivity contribution in [2.45, 2.75) is 31.1 Å². The van der Waals surface area contributed by atoms with Crippen LogP contribution in [0.3, 0.4) is 0 Å². The number of rotatable bonds is 7. The average Bonchev–Trinajstić information content (AvgIpc) is 2.77. The number of nitrogens with two attached hydrogens (primary N) is 1. The number of hydrogen-bond acceptors (Lipinski definition) is 9. The topological polar surface area (TPSA) is 125 Å². The molecule has 33 heavy (non-hydrogen) atoms. The Morgan fingerprint density at radius 3 is 2.73 bits per heavy atom. The third kappa shape index (κ3) is 5.07. The molecule has 2 aromatic rings. The van der Waals surface area contributed by atoms with Crippen LogP contribution < -0.4 is 15.8 Å². The van der Waals surface area contributed by atoms with E-state index in [1.807, 2.05) is 13.8 Å². The van der Waals surface area contributed by atoms with Crippen molar-refractivity contribution in [1.82, 2.24) is 15.0 Å². The van der Waals surface area contributed by atoms with Crippen LogP contribution in [0.1, 0.15) is 36.8 Å². The van der Waals surface area contributed by atoms with Crippen molar-refractivity contribution < 1.29 is 18.7 Å². The summed E-state index contributed by atoms with van der Waals surface area (Å²) in [5.74, 6) is 1.09. The molecule has 3 atom stereocenters. The normalized spacial score (nSPS) is 24.5. The van der Waals surface area contributed by atoms with Gasteiger partial charge in [-0.3, -0.25) is 9.79 Å². The lowest BCUT2D eigenvalue weighted by Crippen LogP contribution is -2.50. The van der Waals surface area contributed by atoms with Gasteiger partial charge in [-0.15, -0.1) is 6.42 Å². The Labute approximate surface area is 195 Å². The van der Waals surface area contributed by atoms with Crippen LogP contribution in [0.2, 0.25) is 0 Å². The van der Waals surface area contributed by atoms with E-state index in [9.17, 15) is 9.18 Å². The standard InChI is InChI=1S/C22H25FN6O3S/c1-6-7-32-17-11-25-16(10-26-17)19(30)28-14-8-15(18(23)27-9-14)22(4)13(2)21(3,12-31-5)33-20(24)29-22/h1,8-11,13H,7,12H2,2-5H3,(H2,24,29)(H,28,30)/t13?,21-,22+/m1/s1. The number of thioether (sulfide) groups is 1. The summed E-state index contributed by atoms with van der Waals surface area (Å²) in [4.78, 5) is 29.0. The van der Waals surface area contributed by atoms with Gasteiger partial charge >= 0.3 is 0 Å². The largest absolute Gasteiger partial charge is 0.463 e. The van der Waals surface area contributed by atoms with Crippen LogP contribution in [0.4, 0.5) is 10.1 Å². The molecule has 0 saturated carbocycles. The molecule has 3 N–H and O–H groups in total. The third-order valence-corrected chi connectivity index (χ3v) is 6.91. The van der Waals surface area contributed by atoms with E-state index in [2.05, 4.69) is 31.2 Å². The number of ether oxygens (including phenoxy) is 2. The van der Waals surface area contributed by atoms with Crippen molar-refractivity contribution >= 4 is 28.5 Å². The van der Waals surface area contributed by atoms with E-state index in [0.717, 1.165) is 0 Å². The Balaban J connectivity index is 1.88. The Morgan fingerprint density at radius 2 is 2.09 bits per heavy atom. The van der Waals surface area contributed by atoms with Crippen LogP contribution in [0.5, 0.6) is 5.88 Å². The molecule has 3 rings (SSSR count). The van der Waals surface area contributed by atoms with Gasteiger partial charge in [-0.2, -0.15) is 4.39 Å². The van der Waals surface area contributed by atoms with Gasteiger partial charge in [0.05, 0.1) is 36.4 Å². The van der Waals surface area contributed by atoms with Crippen LogP contribution in [0, 0.1) is 24.2 Å². The number of methoxy groups -OCH3 is 1. The second-order valence-electron chi connectivity index (χ2n) is 7.92. The molecular weight excluding hydrogens is 447 g/mol. The van der Waals surface area contributed by atoms with E-state index in [0.29, 0.717) is 11.8 Å². The summed E-state index contributed by atoms with van der Waals surface area (Å²) in [5, 5.41) is 2.99. The molecule has 9 nitrogen and oxygen atoms in total. The molecule has 0 aromatic carbocycles. The van der Waals surface area contributed by atoms with Gasteiger partial charge in [0.1, 0.15) is 5.69 Å². The molecular formula is C22H25FN6O3S. The molecule has 0 radical (unpaired) electrons. The second kappa shape index (κ2) is 9.72. The minimum absolute atomic E-state index is 0.0381. The first-order valence-corrected chi connectivity index (χ1v) is 10.8. The van der Waals surface area contributed by atoms with Crippen LogP contribution >= 0.6 is 11.8 Å². The van der Waals surface area contributed by atoms with Gasteiger partial charge in [0.25, 0.3) is 5.91 Å². The number of anilines is 1. The van der Waals surface area contributed by atoms with Crippen molar-refractivity contribution in [3.05, 3.63) is 41.9 Å². The zero-order chi connectivity index (χ0) is 24.2. The monoisotopic (exact) mass is 472 g/mol. The minimum Gasteiger partial charge on any atom is -0.463 e. The number of amides is 1. The number of carbonyl (C=O) groups excluding carboxylic acids is 1. The maximum Gasteiger partial charge on any atom is 0.275 e. The fraction of sp³-hybridized carbons (Fsp3) is 0.409. The molecule has 0 fully saturated rings. The summed E-state index contributed by atoms with van der Waals surface area (Å²) in [5.41, 5.74) is 5.61. The third-order valence-electron chi connectivity index (χ3n) is 5.68. The first-order valence-electron chi connectivity index (χ1n) is 10.0. The zero-order valence-electron chi connectivity index (χ0n) is 18.8. The maximum absolute atomic E-state index is 14.9. The Bertz CT molecular complexity index is 1110. The van der Waals surface area contributed by atoms with Crippen LogP contribution in [0.25, 0.3) is 0 Å². The van der Waals surface area contributed by atoms with E-state index in [1.165, 1.54) is 36.4 Å². The lowest BCUT2D eigenvalue weighted by Gasteiger charge is -2.47. The molecule has 1 aliphatic rings. The first kappa shape index (κ1) is 24.4. The van der Waals surface area contributed by atoms with Crippen molar-refractivity contribution in [1.29, 1.82) is 0 Å². The Morgan fingerprint density at radius 1 is 1.33 bits per heavy atom. The quantitative estimate of drug-likeness (QED) is 0.465. The molecule has 0 aliphatic carbocycles. The Kier molecular flexibility index (Phi) is 7.19. The van der Waals surface area contributed by atoms with Crippen molar-refractivity contribution in [3.8, 4) is 18.2 Å². The van der Waals surface area contributed by atoms with E-state index in [4.69, 9.17) is 21.6 Å². The van der Waals surface area contributed by atoms with Gasteiger partial charge in [-0.1, -0.05) is 24.6 Å². The van der Waals surface area contributed by atoms with Crippen LogP contribution in [-0.2, 0) is 10.3 Å². The maximum atomic E-state index is 14.9.